The zero-order valence-corrected chi connectivity index (χ0v) is 10.6. The highest BCUT2D eigenvalue weighted by molar-refractivity contribution is 5.85. The normalized spacial score (nSPS) is 24.8. The largest absolute Gasteiger partial charge is 0.467 e. The van der Waals surface area contributed by atoms with Crippen LogP contribution in [-0.2, 0) is 19.9 Å². The summed E-state index contributed by atoms with van der Waals surface area (Å²) in [7, 11) is 1.39. The molecule has 1 aliphatic heterocycles. The van der Waals surface area contributed by atoms with Gasteiger partial charge in [0.05, 0.1) is 7.11 Å². The van der Waals surface area contributed by atoms with E-state index < -0.39 is 5.60 Å². The van der Waals surface area contributed by atoms with Crippen LogP contribution in [0.1, 0.15) is 17.2 Å². The molecule has 1 fully saturated rings. The first-order chi connectivity index (χ1) is 9.29. The van der Waals surface area contributed by atoms with E-state index in [2.05, 4.69) is 0 Å². The van der Waals surface area contributed by atoms with Crippen LogP contribution in [0.25, 0.3) is 0 Å². The number of carbonyl (C=O) groups is 1. The van der Waals surface area contributed by atoms with Crippen LogP contribution in [-0.4, -0.2) is 13.1 Å². The number of methoxy groups -OCH3 is 1. The molecule has 3 rings (SSSR count). The lowest BCUT2D eigenvalue weighted by Crippen LogP contribution is -2.24. The molecule has 0 spiro atoms. The third-order valence-corrected chi connectivity index (χ3v) is 3.41. The molecule has 19 heavy (non-hydrogen) atoms. The van der Waals surface area contributed by atoms with Crippen LogP contribution < -0.4 is 0 Å². The molecule has 0 N–H and O–H groups in total. The van der Waals surface area contributed by atoms with E-state index in [1.54, 1.807) is 0 Å². The Balaban J connectivity index is 2.01. The first-order valence-corrected chi connectivity index (χ1v) is 6.16. The number of esters is 1. The van der Waals surface area contributed by atoms with E-state index in [1.165, 1.54) is 7.11 Å². The summed E-state index contributed by atoms with van der Waals surface area (Å²) in [5.41, 5.74) is 0.824. The van der Waals surface area contributed by atoms with Gasteiger partial charge >= 0.3 is 5.97 Å². The summed E-state index contributed by atoms with van der Waals surface area (Å²) in [5.74, 6) is -0.354. The van der Waals surface area contributed by atoms with E-state index in [1.807, 2.05) is 60.7 Å². The fourth-order valence-corrected chi connectivity index (χ4v) is 2.41. The second-order valence-corrected chi connectivity index (χ2v) is 4.50. The molecule has 3 heteroatoms. The van der Waals surface area contributed by atoms with Gasteiger partial charge in [0.2, 0.25) is 5.60 Å². The van der Waals surface area contributed by atoms with Gasteiger partial charge in [0.1, 0.15) is 6.10 Å². The quantitative estimate of drug-likeness (QED) is 0.624. The van der Waals surface area contributed by atoms with Gasteiger partial charge in [-0.1, -0.05) is 60.7 Å². The third kappa shape index (κ3) is 1.83. The number of hydrogen-bond acceptors (Lipinski definition) is 3. The number of ether oxygens (including phenoxy) is 2. The summed E-state index contributed by atoms with van der Waals surface area (Å²) < 4.78 is 10.7. The van der Waals surface area contributed by atoms with Gasteiger partial charge in [-0.3, -0.25) is 0 Å². The molecule has 1 aliphatic rings. The van der Waals surface area contributed by atoms with Crippen molar-refractivity contribution < 1.29 is 14.3 Å². The highest BCUT2D eigenvalue weighted by atomic mass is 16.7. The Bertz CT molecular complexity index is 579. The van der Waals surface area contributed by atoms with Crippen LogP contribution in [0.5, 0.6) is 0 Å². The van der Waals surface area contributed by atoms with Crippen molar-refractivity contribution in [1.29, 1.82) is 0 Å². The van der Waals surface area contributed by atoms with Crippen LogP contribution >= 0.6 is 0 Å². The number of benzene rings is 2. The Morgan fingerprint density at radius 3 is 2.21 bits per heavy atom. The Morgan fingerprint density at radius 1 is 1.05 bits per heavy atom. The molecule has 2 aromatic carbocycles. The van der Waals surface area contributed by atoms with Crippen LogP contribution in [0.3, 0.4) is 0 Å². The predicted molar refractivity (Wildman–Crippen MR) is 70.4 cm³/mol. The molecule has 0 aromatic heterocycles. The minimum Gasteiger partial charge on any atom is -0.467 e. The molecule has 96 valence electrons. The Morgan fingerprint density at radius 2 is 1.63 bits per heavy atom. The highest BCUT2D eigenvalue weighted by Crippen LogP contribution is 2.57. The van der Waals surface area contributed by atoms with Gasteiger partial charge in [-0.2, -0.15) is 0 Å². The minimum atomic E-state index is -0.989. The first kappa shape index (κ1) is 11.9. The number of epoxide rings is 1. The monoisotopic (exact) mass is 254 g/mol. The lowest BCUT2D eigenvalue weighted by Gasteiger charge is -2.11. The molecule has 3 nitrogen and oxygen atoms in total. The van der Waals surface area contributed by atoms with Crippen LogP contribution in [0.2, 0.25) is 0 Å². The number of rotatable bonds is 3. The zero-order valence-electron chi connectivity index (χ0n) is 10.6. The van der Waals surface area contributed by atoms with E-state index >= 15 is 0 Å². The van der Waals surface area contributed by atoms with Gasteiger partial charge in [-0.25, -0.2) is 4.79 Å². The number of hydrogen-bond donors (Lipinski definition) is 0. The maximum atomic E-state index is 12.1. The van der Waals surface area contributed by atoms with Crippen LogP contribution in [0.4, 0.5) is 0 Å². The fourth-order valence-electron chi connectivity index (χ4n) is 2.41. The summed E-state index contributed by atoms with van der Waals surface area (Å²) in [6.07, 6.45) is -0.274. The van der Waals surface area contributed by atoms with Gasteiger partial charge in [0, 0.05) is 0 Å². The molecule has 2 aromatic rings. The molecule has 0 aliphatic carbocycles. The van der Waals surface area contributed by atoms with Gasteiger partial charge in [0.25, 0.3) is 0 Å². The first-order valence-electron chi connectivity index (χ1n) is 6.16. The molecular weight excluding hydrogens is 240 g/mol. The molecular formula is C16H14O3. The molecule has 1 saturated heterocycles. The van der Waals surface area contributed by atoms with Gasteiger partial charge in [-0.05, 0) is 11.1 Å². The molecule has 0 saturated carbocycles. The summed E-state index contributed by atoms with van der Waals surface area (Å²) in [5, 5.41) is 0. The van der Waals surface area contributed by atoms with Crippen molar-refractivity contribution in [3.8, 4) is 0 Å². The Hall–Kier alpha value is -2.13. The Kier molecular flexibility index (Phi) is 2.84. The molecule has 0 radical (unpaired) electrons. The van der Waals surface area contributed by atoms with Gasteiger partial charge in [-0.15, -0.1) is 0 Å². The number of carbonyl (C=O) groups excluding carboxylic acids is 1. The average Bonchev–Trinajstić information content (AvgIpc) is 3.25. The average molecular weight is 254 g/mol. The molecule has 1 heterocycles. The SMILES string of the molecule is COC(=O)[C@@]1(c2ccccc2)O[C@H]1c1ccccc1. The highest BCUT2D eigenvalue weighted by Gasteiger charge is 2.65. The van der Waals surface area contributed by atoms with E-state index in [9.17, 15) is 4.79 Å². The second kappa shape index (κ2) is 4.52. The maximum Gasteiger partial charge on any atom is 0.346 e. The van der Waals surface area contributed by atoms with Crippen molar-refractivity contribution in [2.75, 3.05) is 7.11 Å². The van der Waals surface area contributed by atoms with Crippen molar-refractivity contribution in [2.24, 2.45) is 0 Å². The lowest BCUT2D eigenvalue weighted by molar-refractivity contribution is -0.147. The molecule has 2 atom stereocenters. The van der Waals surface area contributed by atoms with E-state index in [0.29, 0.717) is 0 Å². The van der Waals surface area contributed by atoms with Gasteiger partial charge in [0.15, 0.2) is 0 Å². The molecule has 0 unspecified atom stereocenters. The smallest absolute Gasteiger partial charge is 0.346 e. The van der Waals surface area contributed by atoms with E-state index in [4.69, 9.17) is 9.47 Å². The van der Waals surface area contributed by atoms with Crippen molar-refractivity contribution in [1.82, 2.24) is 0 Å². The van der Waals surface area contributed by atoms with Crippen molar-refractivity contribution in [2.45, 2.75) is 11.7 Å². The van der Waals surface area contributed by atoms with Crippen LogP contribution in [0.15, 0.2) is 60.7 Å². The zero-order chi connectivity index (χ0) is 13.3. The predicted octanol–water partition coefficient (Wildman–Crippen LogP) is 2.83. The van der Waals surface area contributed by atoms with Gasteiger partial charge < -0.3 is 9.47 Å². The summed E-state index contributed by atoms with van der Waals surface area (Å²) in [4.78, 5) is 12.1. The molecule has 0 bridgehead atoms. The van der Waals surface area contributed by atoms with Crippen molar-refractivity contribution in [3.05, 3.63) is 71.8 Å². The summed E-state index contributed by atoms with van der Waals surface area (Å²) >= 11 is 0. The van der Waals surface area contributed by atoms with E-state index in [-0.39, 0.29) is 12.1 Å². The van der Waals surface area contributed by atoms with Crippen LogP contribution in [0, 0.1) is 0 Å². The minimum absolute atomic E-state index is 0.274. The fraction of sp³-hybridized carbons (Fsp3) is 0.188. The van der Waals surface area contributed by atoms with Crippen molar-refractivity contribution in [3.63, 3.8) is 0 Å². The topological polar surface area (TPSA) is 38.8 Å². The molecule has 0 amide bonds. The third-order valence-electron chi connectivity index (χ3n) is 3.41. The Labute approximate surface area is 111 Å². The van der Waals surface area contributed by atoms with Crippen molar-refractivity contribution >= 4 is 5.97 Å². The lowest BCUT2D eigenvalue weighted by atomic mass is 9.92. The second-order valence-electron chi connectivity index (χ2n) is 4.50. The van der Waals surface area contributed by atoms with E-state index in [0.717, 1.165) is 11.1 Å². The maximum absolute atomic E-state index is 12.1. The summed E-state index contributed by atoms with van der Waals surface area (Å²) in [6.45, 7) is 0. The standard InChI is InChI=1S/C16H14O3/c1-18-15(17)16(13-10-6-3-7-11-13)14(19-16)12-8-4-2-5-9-12/h2-11,14H,1H3/t14-,16-/m0/s1. The summed E-state index contributed by atoms with van der Waals surface area (Å²) in [6, 6.07) is 19.2.